The highest BCUT2D eigenvalue weighted by Crippen LogP contribution is 2.19. The number of rotatable bonds is 4. The van der Waals surface area contributed by atoms with E-state index >= 15 is 0 Å². The minimum Gasteiger partial charge on any atom is -0.324 e. The zero-order valence-corrected chi connectivity index (χ0v) is 10.3. The van der Waals surface area contributed by atoms with Crippen molar-refractivity contribution < 1.29 is 0 Å². The Hall–Kier alpha value is -1.38. The number of halogens is 1. The number of nitrogens with zero attached hydrogens (tertiary/aromatic N) is 1. The van der Waals surface area contributed by atoms with E-state index in [1.54, 1.807) is 6.20 Å². The van der Waals surface area contributed by atoms with Crippen LogP contribution in [0.25, 0.3) is 0 Å². The van der Waals surface area contributed by atoms with Gasteiger partial charge in [0.05, 0.1) is 0 Å². The summed E-state index contributed by atoms with van der Waals surface area (Å²) in [5, 5.41) is 0.732. The van der Waals surface area contributed by atoms with Crippen molar-refractivity contribution in [2.45, 2.75) is 18.9 Å². The predicted octanol–water partition coefficient (Wildman–Crippen LogP) is 3.37. The Labute approximate surface area is 106 Å². The average Bonchev–Trinajstić information content (AvgIpc) is 2.37. The van der Waals surface area contributed by atoms with Crippen molar-refractivity contribution in [3.05, 3.63) is 64.9 Å². The summed E-state index contributed by atoms with van der Waals surface area (Å²) in [6.07, 6.45) is 3.56. The highest BCUT2D eigenvalue weighted by atomic mass is 35.5. The largest absolute Gasteiger partial charge is 0.324 e. The Morgan fingerprint density at radius 3 is 2.76 bits per heavy atom. The lowest BCUT2D eigenvalue weighted by atomic mass is 10.0. The fourth-order valence-electron chi connectivity index (χ4n) is 1.75. The first-order chi connectivity index (χ1) is 8.25. The van der Waals surface area contributed by atoms with Crippen LogP contribution >= 0.6 is 11.6 Å². The second kappa shape index (κ2) is 5.80. The summed E-state index contributed by atoms with van der Waals surface area (Å²) < 4.78 is 0. The molecular formula is C14H15ClN2. The molecule has 17 heavy (non-hydrogen) atoms. The molecule has 1 unspecified atom stereocenters. The number of nitrogens with two attached hydrogens (primary N) is 1. The second-order valence-corrected chi connectivity index (χ2v) is 4.46. The molecule has 0 spiro atoms. The lowest BCUT2D eigenvalue weighted by Crippen LogP contribution is -2.11. The molecule has 0 aliphatic heterocycles. The minimum absolute atomic E-state index is 0.00991. The van der Waals surface area contributed by atoms with Gasteiger partial charge in [0.1, 0.15) is 0 Å². The van der Waals surface area contributed by atoms with Crippen LogP contribution in [-0.4, -0.2) is 4.98 Å². The van der Waals surface area contributed by atoms with Gasteiger partial charge in [-0.05, 0) is 42.7 Å². The summed E-state index contributed by atoms with van der Waals surface area (Å²) >= 11 is 5.94. The number of pyridine rings is 1. The summed E-state index contributed by atoms with van der Waals surface area (Å²) in [6.45, 7) is 0. The van der Waals surface area contributed by atoms with Gasteiger partial charge in [-0.2, -0.15) is 0 Å². The molecule has 2 rings (SSSR count). The Balaban J connectivity index is 1.96. The zero-order valence-electron chi connectivity index (χ0n) is 9.51. The number of aromatic nitrogens is 1. The van der Waals surface area contributed by atoms with Gasteiger partial charge in [0, 0.05) is 23.0 Å². The molecule has 0 amide bonds. The van der Waals surface area contributed by atoms with Crippen molar-refractivity contribution in [3.63, 3.8) is 0 Å². The van der Waals surface area contributed by atoms with Gasteiger partial charge in [-0.1, -0.05) is 29.8 Å². The number of aryl methyl sites for hydroxylation is 1. The second-order valence-electron chi connectivity index (χ2n) is 4.02. The maximum absolute atomic E-state index is 6.13. The van der Waals surface area contributed by atoms with Gasteiger partial charge in [0.15, 0.2) is 0 Å². The Morgan fingerprint density at radius 2 is 2.06 bits per heavy atom. The summed E-state index contributed by atoms with van der Waals surface area (Å²) in [5.74, 6) is 0. The van der Waals surface area contributed by atoms with E-state index in [0.29, 0.717) is 0 Å². The molecule has 0 aliphatic carbocycles. The first-order valence-corrected chi connectivity index (χ1v) is 6.04. The predicted molar refractivity (Wildman–Crippen MR) is 70.9 cm³/mol. The van der Waals surface area contributed by atoms with Crippen molar-refractivity contribution in [1.29, 1.82) is 0 Å². The number of hydrogen-bond donors (Lipinski definition) is 1. The van der Waals surface area contributed by atoms with Crippen LogP contribution in [0.5, 0.6) is 0 Å². The average molecular weight is 247 g/mol. The maximum Gasteiger partial charge on any atom is 0.0409 e. The van der Waals surface area contributed by atoms with Gasteiger partial charge in [-0.15, -0.1) is 0 Å². The first kappa shape index (κ1) is 12.1. The summed E-state index contributed by atoms with van der Waals surface area (Å²) in [5.41, 5.74) is 8.28. The summed E-state index contributed by atoms with van der Waals surface area (Å²) in [6, 6.07) is 13.7. The van der Waals surface area contributed by atoms with Crippen LogP contribution in [0.15, 0.2) is 48.7 Å². The maximum atomic E-state index is 6.13. The molecule has 1 atom stereocenters. The lowest BCUT2D eigenvalue weighted by molar-refractivity contribution is 0.644. The van der Waals surface area contributed by atoms with Crippen LogP contribution < -0.4 is 5.73 Å². The standard InChI is InChI=1S/C14H15ClN2/c15-12-5-3-4-11(10-12)14(16)8-7-13-6-1-2-9-17-13/h1-6,9-10,14H,7-8,16H2. The van der Waals surface area contributed by atoms with Crippen LogP contribution in [0, 0.1) is 0 Å². The van der Waals surface area contributed by atoms with Gasteiger partial charge in [0.25, 0.3) is 0 Å². The highest BCUT2D eigenvalue weighted by molar-refractivity contribution is 6.30. The van der Waals surface area contributed by atoms with E-state index < -0.39 is 0 Å². The van der Waals surface area contributed by atoms with Gasteiger partial charge >= 0.3 is 0 Å². The van der Waals surface area contributed by atoms with E-state index in [9.17, 15) is 0 Å². The fourth-order valence-corrected chi connectivity index (χ4v) is 1.95. The van der Waals surface area contributed by atoms with E-state index in [1.165, 1.54) is 0 Å². The van der Waals surface area contributed by atoms with E-state index in [1.807, 2.05) is 42.5 Å². The SMILES string of the molecule is NC(CCc1ccccn1)c1cccc(Cl)c1. The molecule has 0 radical (unpaired) electrons. The topological polar surface area (TPSA) is 38.9 Å². The third-order valence-electron chi connectivity index (χ3n) is 2.71. The normalized spacial score (nSPS) is 12.4. The molecule has 0 aliphatic rings. The van der Waals surface area contributed by atoms with E-state index in [-0.39, 0.29) is 6.04 Å². The molecule has 0 bridgehead atoms. The van der Waals surface area contributed by atoms with Crippen LogP contribution in [0.3, 0.4) is 0 Å². The van der Waals surface area contributed by atoms with Gasteiger partial charge in [-0.25, -0.2) is 0 Å². The van der Waals surface area contributed by atoms with Crippen molar-refractivity contribution in [2.75, 3.05) is 0 Å². The third-order valence-corrected chi connectivity index (χ3v) is 2.95. The lowest BCUT2D eigenvalue weighted by Gasteiger charge is -2.11. The quantitative estimate of drug-likeness (QED) is 0.898. The van der Waals surface area contributed by atoms with Crippen molar-refractivity contribution in [2.24, 2.45) is 5.73 Å². The first-order valence-electron chi connectivity index (χ1n) is 5.66. The monoisotopic (exact) mass is 246 g/mol. The third kappa shape index (κ3) is 3.55. The zero-order chi connectivity index (χ0) is 12.1. The van der Waals surface area contributed by atoms with Gasteiger partial charge in [-0.3, -0.25) is 4.98 Å². The van der Waals surface area contributed by atoms with E-state index in [2.05, 4.69) is 4.98 Å². The minimum atomic E-state index is 0.00991. The summed E-state index contributed by atoms with van der Waals surface area (Å²) in [4.78, 5) is 4.28. The molecule has 2 nitrogen and oxygen atoms in total. The molecule has 0 saturated carbocycles. The van der Waals surface area contributed by atoms with Gasteiger partial charge in [0.2, 0.25) is 0 Å². The molecule has 0 saturated heterocycles. The van der Waals surface area contributed by atoms with Crippen molar-refractivity contribution >= 4 is 11.6 Å². The van der Waals surface area contributed by atoms with Crippen LogP contribution in [0.1, 0.15) is 23.7 Å². The Bertz CT molecular complexity index is 471. The number of benzene rings is 1. The molecule has 88 valence electrons. The molecule has 2 N–H and O–H groups in total. The Kier molecular flexibility index (Phi) is 4.13. The summed E-state index contributed by atoms with van der Waals surface area (Å²) in [7, 11) is 0. The fraction of sp³-hybridized carbons (Fsp3) is 0.214. The number of hydrogen-bond acceptors (Lipinski definition) is 2. The molecule has 3 heteroatoms. The smallest absolute Gasteiger partial charge is 0.0409 e. The van der Waals surface area contributed by atoms with Crippen LogP contribution in [-0.2, 0) is 6.42 Å². The molecule has 1 heterocycles. The van der Waals surface area contributed by atoms with E-state index in [0.717, 1.165) is 29.1 Å². The van der Waals surface area contributed by atoms with Gasteiger partial charge < -0.3 is 5.73 Å². The van der Waals surface area contributed by atoms with E-state index in [4.69, 9.17) is 17.3 Å². The molecule has 0 fully saturated rings. The van der Waals surface area contributed by atoms with Crippen LogP contribution in [0.4, 0.5) is 0 Å². The molecule has 1 aromatic heterocycles. The van der Waals surface area contributed by atoms with Crippen molar-refractivity contribution in [3.8, 4) is 0 Å². The highest BCUT2D eigenvalue weighted by Gasteiger charge is 2.06. The van der Waals surface area contributed by atoms with Crippen LogP contribution in [0.2, 0.25) is 5.02 Å². The Morgan fingerprint density at radius 1 is 1.18 bits per heavy atom. The van der Waals surface area contributed by atoms with Crippen molar-refractivity contribution in [1.82, 2.24) is 4.98 Å². The molecule has 2 aromatic rings. The molecule has 1 aromatic carbocycles. The molecular weight excluding hydrogens is 232 g/mol.